The van der Waals surface area contributed by atoms with Crippen LogP contribution in [0.2, 0.25) is 0 Å². The monoisotopic (exact) mass is 532 g/mol. The van der Waals surface area contributed by atoms with Gasteiger partial charge in [0.15, 0.2) is 0 Å². The van der Waals surface area contributed by atoms with Crippen LogP contribution in [0.25, 0.3) is 22.9 Å². The first-order chi connectivity index (χ1) is 16.2. The second-order valence-electron chi connectivity index (χ2n) is 7.56. The molecule has 3 aromatic rings. The van der Waals surface area contributed by atoms with Gasteiger partial charge in [0, 0.05) is 40.1 Å². The molecule has 1 unspecified atom stereocenters. The Morgan fingerprint density at radius 1 is 1.21 bits per heavy atom. The lowest BCUT2D eigenvalue weighted by atomic mass is 10.0. The molecular weight excluding hydrogens is 513 g/mol. The van der Waals surface area contributed by atoms with Crippen molar-refractivity contribution in [1.82, 2.24) is 4.57 Å². The van der Waals surface area contributed by atoms with E-state index in [4.69, 9.17) is 10.5 Å². The average Bonchev–Trinajstić information content (AvgIpc) is 2.79. The molecule has 0 aliphatic carbocycles. The van der Waals surface area contributed by atoms with Crippen molar-refractivity contribution in [3.63, 3.8) is 0 Å². The second kappa shape index (κ2) is 9.47. The summed E-state index contributed by atoms with van der Waals surface area (Å²) < 4.78 is 45.2. The molecule has 0 saturated carbocycles. The number of aromatic nitrogens is 1. The summed E-state index contributed by atoms with van der Waals surface area (Å²) in [5.41, 5.74) is 9.03. The van der Waals surface area contributed by atoms with Crippen LogP contribution in [0.3, 0.4) is 0 Å². The van der Waals surface area contributed by atoms with Gasteiger partial charge in [-0.1, -0.05) is 28.1 Å². The molecule has 0 amide bonds. The van der Waals surface area contributed by atoms with Crippen LogP contribution in [-0.4, -0.2) is 36.8 Å². The number of benzene rings is 2. The summed E-state index contributed by atoms with van der Waals surface area (Å²) in [5, 5.41) is 2.91. The zero-order chi connectivity index (χ0) is 24.5. The van der Waals surface area contributed by atoms with E-state index in [1.807, 2.05) is 0 Å². The van der Waals surface area contributed by atoms with Crippen molar-refractivity contribution in [2.75, 3.05) is 24.7 Å². The lowest BCUT2D eigenvalue weighted by Gasteiger charge is -2.27. The molecule has 2 aromatic carbocycles. The van der Waals surface area contributed by atoms with Crippen LogP contribution in [0, 0.1) is 0 Å². The standard InChI is InChI=1S/C24H20BrF3N4O2/c1-30-12-16-10-14(2-8-20(16)29)19-11-15-3-9-21(34-13-24(26,27)28)31-22(15)32(23(19)33)18-6-4-17(25)5-7-18/h2-12,21,31H,13,29H2,1H3. The number of hydrogen-bond donors (Lipinski definition) is 2. The van der Waals surface area contributed by atoms with E-state index in [1.165, 1.54) is 10.6 Å². The molecule has 4 rings (SSSR count). The number of nitrogens with two attached hydrogens (primary N) is 1. The molecule has 0 fully saturated rings. The molecule has 2 heterocycles. The number of nitrogens with one attached hydrogen (secondary N) is 1. The van der Waals surface area contributed by atoms with Gasteiger partial charge >= 0.3 is 6.18 Å². The van der Waals surface area contributed by atoms with Gasteiger partial charge in [0.2, 0.25) is 0 Å². The third-order valence-electron chi connectivity index (χ3n) is 5.14. The number of nitrogen functional groups attached to an aromatic ring is 1. The van der Waals surface area contributed by atoms with Gasteiger partial charge in [0.25, 0.3) is 5.56 Å². The van der Waals surface area contributed by atoms with Crippen LogP contribution in [0.4, 0.5) is 24.7 Å². The van der Waals surface area contributed by atoms with Gasteiger partial charge in [-0.05, 0) is 54.1 Å². The highest BCUT2D eigenvalue weighted by Gasteiger charge is 2.30. The highest BCUT2D eigenvalue weighted by atomic mass is 79.9. The predicted molar refractivity (Wildman–Crippen MR) is 132 cm³/mol. The zero-order valence-corrected chi connectivity index (χ0v) is 19.5. The smallest absolute Gasteiger partial charge is 0.398 e. The molecular formula is C24H20BrF3N4O2. The summed E-state index contributed by atoms with van der Waals surface area (Å²) in [7, 11) is 1.62. The van der Waals surface area contributed by atoms with E-state index < -0.39 is 19.0 Å². The maximum absolute atomic E-state index is 13.7. The van der Waals surface area contributed by atoms with Crippen LogP contribution in [0.15, 0.2) is 68.9 Å². The number of aliphatic imine (C=N–C) groups is 1. The van der Waals surface area contributed by atoms with Crippen molar-refractivity contribution in [2.24, 2.45) is 4.99 Å². The normalized spacial score (nSPS) is 15.4. The van der Waals surface area contributed by atoms with Crippen molar-refractivity contribution >= 4 is 39.7 Å². The van der Waals surface area contributed by atoms with Crippen LogP contribution in [-0.2, 0) is 4.74 Å². The highest BCUT2D eigenvalue weighted by molar-refractivity contribution is 9.10. The molecule has 176 valence electrons. The summed E-state index contributed by atoms with van der Waals surface area (Å²) in [6.07, 6.45) is -0.803. The van der Waals surface area contributed by atoms with Crippen LogP contribution < -0.4 is 16.6 Å². The van der Waals surface area contributed by atoms with E-state index in [2.05, 4.69) is 26.2 Å². The summed E-state index contributed by atoms with van der Waals surface area (Å²) in [5.74, 6) is 0.330. The molecule has 0 bridgehead atoms. The van der Waals surface area contributed by atoms with Gasteiger partial charge in [-0.25, -0.2) is 0 Å². The molecule has 1 atom stereocenters. The van der Waals surface area contributed by atoms with Crippen LogP contribution >= 0.6 is 15.9 Å². The number of pyridine rings is 1. The van der Waals surface area contributed by atoms with E-state index in [-0.39, 0.29) is 5.56 Å². The lowest BCUT2D eigenvalue weighted by Crippen LogP contribution is -2.33. The molecule has 0 spiro atoms. The van der Waals surface area contributed by atoms with Crippen molar-refractivity contribution in [3.8, 4) is 16.8 Å². The summed E-state index contributed by atoms with van der Waals surface area (Å²) in [6.45, 7) is -1.42. The maximum Gasteiger partial charge on any atom is 0.411 e. The minimum Gasteiger partial charge on any atom is -0.398 e. The Morgan fingerprint density at radius 3 is 2.62 bits per heavy atom. The minimum absolute atomic E-state index is 0.330. The number of anilines is 2. The van der Waals surface area contributed by atoms with Gasteiger partial charge in [0.1, 0.15) is 18.7 Å². The first-order valence-electron chi connectivity index (χ1n) is 10.2. The largest absolute Gasteiger partial charge is 0.411 e. The van der Waals surface area contributed by atoms with Crippen molar-refractivity contribution in [2.45, 2.75) is 12.4 Å². The quantitative estimate of drug-likeness (QED) is 0.347. The number of hydrogen-bond acceptors (Lipinski definition) is 5. The molecule has 1 aliphatic heterocycles. The van der Waals surface area contributed by atoms with Gasteiger partial charge in [-0.3, -0.25) is 14.4 Å². The minimum atomic E-state index is -4.47. The third-order valence-corrected chi connectivity index (χ3v) is 5.67. The van der Waals surface area contributed by atoms with E-state index in [0.29, 0.717) is 39.4 Å². The Balaban J connectivity index is 1.87. The molecule has 1 aromatic heterocycles. The number of ether oxygens (including phenoxy) is 1. The predicted octanol–water partition coefficient (Wildman–Crippen LogP) is 5.24. The van der Waals surface area contributed by atoms with Crippen molar-refractivity contribution in [1.29, 1.82) is 0 Å². The van der Waals surface area contributed by atoms with Crippen molar-refractivity contribution < 1.29 is 17.9 Å². The maximum atomic E-state index is 13.7. The van der Waals surface area contributed by atoms with Crippen LogP contribution in [0.5, 0.6) is 0 Å². The SMILES string of the molecule is CN=Cc1cc(-c2cc3c(n(-c4ccc(Br)cc4)c2=O)NC(OCC(F)(F)F)C=C3)ccc1N. The Kier molecular flexibility index (Phi) is 6.63. The lowest BCUT2D eigenvalue weighted by molar-refractivity contribution is -0.178. The molecule has 10 heteroatoms. The number of rotatable bonds is 5. The molecule has 0 saturated heterocycles. The van der Waals surface area contributed by atoms with Gasteiger partial charge in [-0.15, -0.1) is 0 Å². The first kappa shape index (κ1) is 23.8. The molecule has 0 radical (unpaired) electrons. The van der Waals surface area contributed by atoms with E-state index in [9.17, 15) is 18.0 Å². The third kappa shape index (κ3) is 5.07. The van der Waals surface area contributed by atoms with Gasteiger partial charge in [0.05, 0.1) is 5.69 Å². The topological polar surface area (TPSA) is 81.6 Å². The fraction of sp³-hybridized carbons (Fsp3) is 0.167. The molecule has 34 heavy (non-hydrogen) atoms. The van der Waals surface area contributed by atoms with E-state index >= 15 is 0 Å². The Morgan fingerprint density at radius 2 is 1.94 bits per heavy atom. The summed E-state index contributed by atoms with van der Waals surface area (Å²) in [4.78, 5) is 17.7. The van der Waals surface area contributed by atoms with Gasteiger partial charge < -0.3 is 15.8 Å². The molecule has 1 aliphatic rings. The number of halogens is 4. The average molecular weight is 533 g/mol. The molecule has 6 nitrogen and oxygen atoms in total. The second-order valence-corrected chi connectivity index (χ2v) is 8.48. The molecule has 3 N–H and O–H groups in total. The number of nitrogens with zero attached hydrogens (tertiary/aromatic N) is 2. The van der Waals surface area contributed by atoms with Gasteiger partial charge in [-0.2, -0.15) is 13.2 Å². The summed E-state index contributed by atoms with van der Waals surface area (Å²) in [6, 6.07) is 13.9. The van der Waals surface area contributed by atoms with E-state index in [0.717, 1.165) is 4.47 Å². The summed E-state index contributed by atoms with van der Waals surface area (Å²) >= 11 is 3.38. The number of alkyl halides is 3. The number of fused-ring (bicyclic) bond motifs is 1. The highest BCUT2D eigenvalue weighted by Crippen LogP contribution is 2.31. The Bertz CT molecular complexity index is 1330. The fourth-order valence-corrected chi connectivity index (χ4v) is 3.87. The Hall–Kier alpha value is -3.37. The Labute approximate surface area is 201 Å². The first-order valence-corrected chi connectivity index (χ1v) is 11.0. The zero-order valence-electron chi connectivity index (χ0n) is 17.9. The fourth-order valence-electron chi connectivity index (χ4n) is 3.60. The van der Waals surface area contributed by atoms with E-state index in [1.54, 1.807) is 67.9 Å². The van der Waals surface area contributed by atoms with Crippen molar-refractivity contribution in [3.05, 3.63) is 80.6 Å². The van der Waals surface area contributed by atoms with Crippen LogP contribution in [0.1, 0.15) is 11.1 Å².